The van der Waals surface area contributed by atoms with Crippen molar-refractivity contribution in [3.8, 4) is 5.69 Å². The van der Waals surface area contributed by atoms with Crippen LogP contribution in [0.1, 0.15) is 24.3 Å². The van der Waals surface area contributed by atoms with E-state index in [0.717, 1.165) is 11.6 Å². The van der Waals surface area contributed by atoms with Crippen LogP contribution in [0.5, 0.6) is 0 Å². The molecule has 1 saturated carbocycles. The molecule has 0 spiro atoms. The minimum absolute atomic E-state index is 0.0471. The van der Waals surface area contributed by atoms with Crippen molar-refractivity contribution in [1.29, 1.82) is 0 Å². The van der Waals surface area contributed by atoms with Crippen molar-refractivity contribution in [2.75, 3.05) is 0 Å². The Kier molecular flexibility index (Phi) is 2.10. The topological polar surface area (TPSA) is 34.9 Å². The van der Waals surface area contributed by atoms with E-state index in [-0.39, 0.29) is 5.56 Å². The largest absolute Gasteiger partial charge is 0.269 e. The maximum absolute atomic E-state index is 11.6. The Morgan fingerprint density at radius 1 is 1.12 bits per heavy atom. The van der Waals surface area contributed by atoms with E-state index in [4.69, 9.17) is 0 Å². The lowest BCUT2D eigenvalue weighted by Gasteiger charge is -2.05. The van der Waals surface area contributed by atoms with Crippen LogP contribution in [-0.2, 0) is 0 Å². The van der Waals surface area contributed by atoms with Crippen LogP contribution in [0.4, 0.5) is 0 Å². The van der Waals surface area contributed by atoms with Crippen LogP contribution in [0.25, 0.3) is 5.69 Å². The van der Waals surface area contributed by atoms with Crippen LogP contribution in [0, 0.1) is 0 Å². The van der Waals surface area contributed by atoms with Gasteiger partial charge >= 0.3 is 0 Å². The van der Waals surface area contributed by atoms with Gasteiger partial charge in [0.05, 0.1) is 5.69 Å². The second-order valence-electron chi connectivity index (χ2n) is 4.15. The highest BCUT2D eigenvalue weighted by Crippen LogP contribution is 2.39. The highest BCUT2D eigenvalue weighted by Gasteiger charge is 2.22. The first kappa shape index (κ1) is 9.33. The van der Waals surface area contributed by atoms with Crippen LogP contribution in [-0.4, -0.2) is 9.55 Å². The predicted octanol–water partition coefficient (Wildman–Crippen LogP) is 2.11. The lowest BCUT2D eigenvalue weighted by Crippen LogP contribution is -2.16. The van der Waals surface area contributed by atoms with Gasteiger partial charge in [-0.15, -0.1) is 0 Å². The summed E-state index contributed by atoms with van der Waals surface area (Å²) in [5, 5.41) is 0. The minimum Gasteiger partial charge on any atom is -0.269 e. The maximum atomic E-state index is 11.6. The molecule has 0 amide bonds. The monoisotopic (exact) mass is 212 g/mol. The van der Waals surface area contributed by atoms with Crippen molar-refractivity contribution in [3.63, 3.8) is 0 Å². The van der Waals surface area contributed by atoms with Crippen molar-refractivity contribution >= 4 is 0 Å². The number of nitrogens with zero attached hydrogens (tertiary/aromatic N) is 2. The third kappa shape index (κ3) is 1.65. The van der Waals surface area contributed by atoms with Crippen LogP contribution in [0.2, 0.25) is 0 Å². The number of rotatable bonds is 2. The summed E-state index contributed by atoms with van der Waals surface area (Å²) in [7, 11) is 0. The van der Waals surface area contributed by atoms with Crippen molar-refractivity contribution in [2.45, 2.75) is 18.8 Å². The molecule has 1 aliphatic carbocycles. The SMILES string of the molecule is O=c1ccncn1-c1ccc(C2CC2)cc1. The fourth-order valence-electron chi connectivity index (χ4n) is 1.87. The van der Waals surface area contributed by atoms with E-state index in [0.29, 0.717) is 0 Å². The zero-order chi connectivity index (χ0) is 11.0. The lowest BCUT2D eigenvalue weighted by atomic mass is 10.1. The molecule has 1 aromatic carbocycles. The van der Waals surface area contributed by atoms with Gasteiger partial charge in [0.15, 0.2) is 0 Å². The fourth-order valence-corrected chi connectivity index (χ4v) is 1.87. The molecule has 0 bridgehead atoms. The summed E-state index contributed by atoms with van der Waals surface area (Å²) >= 11 is 0. The molecule has 0 aliphatic heterocycles. The molecule has 2 aromatic rings. The van der Waals surface area contributed by atoms with Gasteiger partial charge in [0, 0.05) is 12.3 Å². The fraction of sp³-hybridized carbons (Fsp3) is 0.231. The highest BCUT2D eigenvalue weighted by molar-refractivity contribution is 5.36. The quantitative estimate of drug-likeness (QED) is 0.764. The molecule has 1 aromatic heterocycles. The summed E-state index contributed by atoms with van der Waals surface area (Å²) in [6, 6.07) is 9.64. The summed E-state index contributed by atoms with van der Waals surface area (Å²) < 4.78 is 1.55. The lowest BCUT2D eigenvalue weighted by molar-refractivity contribution is 0.933. The van der Waals surface area contributed by atoms with Gasteiger partial charge < -0.3 is 0 Å². The van der Waals surface area contributed by atoms with Crippen LogP contribution >= 0.6 is 0 Å². The zero-order valence-electron chi connectivity index (χ0n) is 8.84. The molecule has 1 fully saturated rings. The van der Waals surface area contributed by atoms with Gasteiger partial charge in [-0.05, 0) is 36.5 Å². The molecule has 3 rings (SSSR count). The molecule has 16 heavy (non-hydrogen) atoms. The average molecular weight is 212 g/mol. The molecule has 3 heteroatoms. The second-order valence-corrected chi connectivity index (χ2v) is 4.15. The number of benzene rings is 1. The Hall–Kier alpha value is -1.90. The third-order valence-electron chi connectivity index (χ3n) is 2.94. The van der Waals surface area contributed by atoms with Crippen molar-refractivity contribution in [2.24, 2.45) is 0 Å². The summed E-state index contributed by atoms with van der Waals surface area (Å²) in [6.07, 6.45) is 5.66. The smallest absolute Gasteiger partial charge is 0.257 e. The maximum Gasteiger partial charge on any atom is 0.257 e. The van der Waals surface area contributed by atoms with Crippen molar-refractivity contribution < 1.29 is 0 Å². The zero-order valence-corrected chi connectivity index (χ0v) is 8.84. The standard InChI is InChI=1S/C13H12N2O/c16-13-7-8-14-9-15(13)12-5-3-11(4-6-12)10-1-2-10/h3-10H,1-2H2. The number of hydrogen-bond acceptors (Lipinski definition) is 2. The van der Waals surface area contributed by atoms with E-state index in [1.165, 1.54) is 30.7 Å². The minimum atomic E-state index is -0.0471. The molecule has 0 unspecified atom stereocenters. The normalized spacial score (nSPS) is 15.0. The van der Waals surface area contributed by atoms with E-state index < -0.39 is 0 Å². The summed E-state index contributed by atoms with van der Waals surface area (Å²) in [6.45, 7) is 0. The van der Waals surface area contributed by atoms with Crippen molar-refractivity contribution in [3.05, 3.63) is 58.8 Å². The van der Waals surface area contributed by atoms with E-state index in [1.807, 2.05) is 12.1 Å². The van der Waals surface area contributed by atoms with E-state index >= 15 is 0 Å². The molecular weight excluding hydrogens is 200 g/mol. The molecule has 0 N–H and O–H groups in total. The van der Waals surface area contributed by atoms with Crippen LogP contribution < -0.4 is 5.56 Å². The number of hydrogen-bond donors (Lipinski definition) is 0. The average Bonchev–Trinajstić information content (AvgIpc) is 3.14. The Labute approximate surface area is 93.4 Å². The Balaban J connectivity index is 2.00. The van der Waals surface area contributed by atoms with Gasteiger partial charge in [0.2, 0.25) is 0 Å². The summed E-state index contributed by atoms with van der Waals surface area (Å²) in [5.74, 6) is 0.750. The Morgan fingerprint density at radius 3 is 2.50 bits per heavy atom. The van der Waals surface area contributed by atoms with Crippen LogP contribution in [0.3, 0.4) is 0 Å². The first-order valence-corrected chi connectivity index (χ1v) is 5.47. The Morgan fingerprint density at radius 2 is 1.88 bits per heavy atom. The summed E-state index contributed by atoms with van der Waals surface area (Å²) in [5.41, 5.74) is 2.21. The predicted molar refractivity (Wildman–Crippen MR) is 61.8 cm³/mol. The van der Waals surface area contributed by atoms with Gasteiger partial charge in [-0.3, -0.25) is 9.36 Å². The first-order valence-electron chi connectivity index (χ1n) is 5.47. The molecule has 80 valence electrons. The van der Waals surface area contributed by atoms with Gasteiger partial charge in [-0.25, -0.2) is 4.98 Å². The van der Waals surface area contributed by atoms with E-state index in [2.05, 4.69) is 17.1 Å². The molecule has 0 saturated heterocycles. The summed E-state index contributed by atoms with van der Waals surface area (Å²) in [4.78, 5) is 15.5. The first-order chi connectivity index (χ1) is 7.84. The number of aromatic nitrogens is 2. The van der Waals surface area contributed by atoms with Crippen LogP contribution in [0.15, 0.2) is 47.7 Å². The molecule has 0 radical (unpaired) electrons. The molecule has 1 aliphatic rings. The Bertz CT molecular complexity index is 553. The molecular formula is C13H12N2O. The van der Waals surface area contributed by atoms with E-state index in [9.17, 15) is 4.79 Å². The van der Waals surface area contributed by atoms with Crippen molar-refractivity contribution in [1.82, 2.24) is 9.55 Å². The van der Waals surface area contributed by atoms with Gasteiger partial charge in [-0.1, -0.05) is 12.1 Å². The van der Waals surface area contributed by atoms with Gasteiger partial charge in [0.1, 0.15) is 6.33 Å². The highest BCUT2D eigenvalue weighted by atomic mass is 16.1. The van der Waals surface area contributed by atoms with Gasteiger partial charge in [-0.2, -0.15) is 0 Å². The molecule has 3 nitrogen and oxygen atoms in total. The molecule has 1 heterocycles. The third-order valence-corrected chi connectivity index (χ3v) is 2.94. The second kappa shape index (κ2) is 3.59. The molecule has 0 atom stereocenters. The van der Waals surface area contributed by atoms with E-state index in [1.54, 1.807) is 10.9 Å². The van der Waals surface area contributed by atoms with Gasteiger partial charge in [0.25, 0.3) is 5.56 Å².